The Kier molecular flexibility index (Phi) is 4.35. The summed E-state index contributed by atoms with van der Waals surface area (Å²) in [5.41, 5.74) is 4.93. The van der Waals surface area contributed by atoms with Crippen molar-refractivity contribution in [3.63, 3.8) is 0 Å². The Balaban J connectivity index is 4.59. The van der Waals surface area contributed by atoms with E-state index in [9.17, 15) is 4.79 Å². The van der Waals surface area contributed by atoms with Crippen molar-refractivity contribution in [2.75, 3.05) is 0 Å². The summed E-state index contributed by atoms with van der Waals surface area (Å²) in [6.07, 6.45) is 0. The van der Waals surface area contributed by atoms with Crippen molar-refractivity contribution in [2.24, 2.45) is 17.1 Å². The number of nitrogens with one attached hydrogen (secondary N) is 1. The van der Waals surface area contributed by atoms with Crippen molar-refractivity contribution in [1.29, 1.82) is 0 Å². The molecule has 0 saturated heterocycles. The minimum atomic E-state index is -0.559. The Morgan fingerprint density at radius 2 is 1.53 bits per heavy atom. The van der Waals surface area contributed by atoms with Crippen LogP contribution in [0.4, 0.5) is 0 Å². The molecule has 0 aliphatic heterocycles. The molecule has 0 radical (unpaired) electrons. The molecule has 0 rings (SSSR count). The molecule has 1 amide bonds. The predicted octanol–water partition coefficient (Wildman–Crippen LogP) is 1.91. The summed E-state index contributed by atoms with van der Waals surface area (Å²) in [5.74, 6) is 0.460. The van der Waals surface area contributed by atoms with Gasteiger partial charge in [-0.25, -0.2) is 0 Å². The molecule has 0 spiro atoms. The highest BCUT2D eigenvalue weighted by atomic mass is 16.2. The molecule has 15 heavy (non-hydrogen) atoms. The Morgan fingerprint density at radius 3 is 1.80 bits per heavy atom. The van der Waals surface area contributed by atoms with E-state index in [1.807, 2.05) is 34.6 Å². The van der Waals surface area contributed by atoms with Gasteiger partial charge in [0.1, 0.15) is 0 Å². The summed E-state index contributed by atoms with van der Waals surface area (Å²) in [6.45, 7) is 13.7. The van der Waals surface area contributed by atoms with Gasteiger partial charge >= 0.3 is 0 Å². The first kappa shape index (κ1) is 14.4. The van der Waals surface area contributed by atoms with E-state index in [2.05, 4.69) is 19.2 Å². The second-order valence-electron chi connectivity index (χ2n) is 5.85. The van der Waals surface area contributed by atoms with E-state index in [0.717, 1.165) is 0 Å². The van der Waals surface area contributed by atoms with Crippen LogP contribution in [0, 0.1) is 11.3 Å². The highest BCUT2D eigenvalue weighted by Gasteiger charge is 2.40. The maximum absolute atomic E-state index is 12.0. The van der Waals surface area contributed by atoms with E-state index in [1.54, 1.807) is 0 Å². The fourth-order valence-corrected chi connectivity index (χ4v) is 0.846. The molecule has 3 N–H and O–H groups in total. The van der Waals surface area contributed by atoms with Crippen LogP contribution in [0.25, 0.3) is 0 Å². The maximum Gasteiger partial charge on any atom is 0.227 e. The summed E-state index contributed by atoms with van der Waals surface area (Å²) in [4.78, 5) is 12.0. The van der Waals surface area contributed by atoms with E-state index >= 15 is 0 Å². The molecule has 3 heteroatoms. The van der Waals surface area contributed by atoms with Crippen LogP contribution in [-0.2, 0) is 4.79 Å². The van der Waals surface area contributed by atoms with Crippen molar-refractivity contribution in [1.82, 2.24) is 5.32 Å². The number of amides is 1. The Bertz CT molecular complexity index is 226. The molecule has 0 aromatic heterocycles. The maximum atomic E-state index is 12.0. The highest BCUT2D eigenvalue weighted by molar-refractivity contribution is 5.83. The highest BCUT2D eigenvalue weighted by Crippen LogP contribution is 2.28. The zero-order valence-electron chi connectivity index (χ0n) is 11.1. The molecular weight excluding hydrogens is 188 g/mol. The molecule has 3 nitrogen and oxygen atoms in total. The van der Waals surface area contributed by atoms with Gasteiger partial charge in [-0.3, -0.25) is 4.79 Å². The van der Waals surface area contributed by atoms with E-state index < -0.39 is 11.0 Å². The van der Waals surface area contributed by atoms with Crippen LogP contribution in [0.2, 0.25) is 0 Å². The van der Waals surface area contributed by atoms with E-state index in [0.29, 0.717) is 5.92 Å². The largest absolute Gasteiger partial charge is 0.353 e. The Labute approximate surface area is 93.8 Å². The van der Waals surface area contributed by atoms with Crippen molar-refractivity contribution < 1.29 is 4.79 Å². The SMILES string of the molecule is CC(C)C(C)NC(=O)C(C)(C)C(C)(C)N. The second-order valence-corrected chi connectivity index (χ2v) is 5.85. The number of rotatable bonds is 4. The molecule has 0 bridgehead atoms. The summed E-state index contributed by atoms with van der Waals surface area (Å²) in [5, 5.41) is 3.01. The molecule has 0 saturated carbocycles. The number of hydrogen-bond acceptors (Lipinski definition) is 2. The smallest absolute Gasteiger partial charge is 0.227 e. The summed E-state index contributed by atoms with van der Waals surface area (Å²) >= 11 is 0. The third-order valence-corrected chi connectivity index (χ3v) is 3.54. The van der Waals surface area contributed by atoms with Gasteiger partial charge in [0, 0.05) is 11.6 Å². The summed E-state index contributed by atoms with van der Waals surface area (Å²) < 4.78 is 0. The van der Waals surface area contributed by atoms with Gasteiger partial charge in [-0.1, -0.05) is 13.8 Å². The summed E-state index contributed by atoms with van der Waals surface area (Å²) in [7, 11) is 0. The van der Waals surface area contributed by atoms with Gasteiger partial charge in [0.15, 0.2) is 0 Å². The third kappa shape index (κ3) is 3.49. The van der Waals surface area contributed by atoms with Gasteiger partial charge < -0.3 is 11.1 Å². The van der Waals surface area contributed by atoms with E-state index in [-0.39, 0.29) is 11.9 Å². The van der Waals surface area contributed by atoms with Gasteiger partial charge in [-0.2, -0.15) is 0 Å². The van der Waals surface area contributed by atoms with Crippen LogP contribution in [-0.4, -0.2) is 17.5 Å². The van der Waals surface area contributed by atoms with Crippen LogP contribution < -0.4 is 11.1 Å². The quantitative estimate of drug-likeness (QED) is 0.751. The number of hydrogen-bond donors (Lipinski definition) is 2. The molecule has 0 aromatic rings. The first-order chi connectivity index (χ1) is 6.50. The van der Waals surface area contributed by atoms with Gasteiger partial charge in [-0.05, 0) is 40.5 Å². The standard InChI is InChI=1S/C12H26N2O/c1-8(2)9(3)14-10(15)11(4,5)12(6,7)13/h8-9H,13H2,1-7H3,(H,14,15). The van der Waals surface area contributed by atoms with Crippen LogP contribution in [0.3, 0.4) is 0 Å². The molecule has 1 unspecified atom stereocenters. The number of carbonyl (C=O) groups excluding carboxylic acids is 1. The fraction of sp³-hybridized carbons (Fsp3) is 0.917. The average Bonchev–Trinajstić information content (AvgIpc) is 2.01. The normalized spacial score (nSPS) is 15.3. The first-order valence-electron chi connectivity index (χ1n) is 5.60. The van der Waals surface area contributed by atoms with E-state index in [4.69, 9.17) is 5.73 Å². The van der Waals surface area contributed by atoms with E-state index in [1.165, 1.54) is 0 Å². The molecule has 0 aliphatic carbocycles. The van der Waals surface area contributed by atoms with Gasteiger partial charge in [0.25, 0.3) is 0 Å². The monoisotopic (exact) mass is 214 g/mol. The zero-order valence-corrected chi connectivity index (χ0v) is 11.1. The number of carbonyl (C=O) groups is 1. The molecule has 1 atom stereocenters. The topological polar surface area (TPSA) is 55.1 Å². The lowest BCUT2D eigenvalue weighted by Gasteiger charge is -2.38. The molecular formula is C12H26N2O. The van der Waals surface area contributed by atoms with Crippen molar-refractivity contribution >= 4 is 5.91 Å². The Morgan fingerprint density at radius 1 is 1.13 bits per heavy atom. The average molecular weight is 214 g/mol. The summed E-state index contributed by atoms with van der Waals surface area (Å²) in [6, 6.07) is 0.180. The first-order valence-corrected chi connectivity index (χ1v) is 5.60. The van der Waals surface area contributed by atoms with Crippen molar-refractivity contribution in [3.05, 3.63) is 0 Å². The van der Waals surface area contributed by atoms with Crippen LogP contribution >= 0.6 is 0 Å². The third-order valence-electron chi connectivity index (χ3n) is 3.54. The van der Waals surface area contributed by atoms with Crippen LogP contribution in [0.1, 0.15) is 48.5 Å². The Hall–Kier alpha value is -0.570. The lowest BCUT2D eigenvalue weighted by molar-refractivity contribution is -0.133. The molecule has 0 fully saturated rings. The molecule has 0 aliphatic rings. The second kappa shape index (κ2) is 4.52. The van der Waals surface area contributed by atoms with Crippen molar-refractivity contribution in [2.45, 2.75) is 60.0 Å². The van der Waals surface area contributed by atoms with Gasteiger partial charge in [0.2, 0.25) is 5.91 Å². The zero-order chi connectivity index (χ0) is 12.4. The van der Waals surface area contributed by atoms with Crippen LogP contribution in [0.5, 0.6) is 0 Å². The lowest BCUT2D eigenvalue weighted by atomic mass is 9.74. The molecule has 0 heterocycles. The van der Waals surface area contributed by atoms with Crippen LogP contribution in [0.15, 0.2) is 0 Å². The minimum Gasteiger partial charge on any atom is -0.353 e. The molecule has 90 valence electrons. The van der Waals surface area contributed by atoms with Gasteiger partial charge in [-0.15, -0.1) is 0 Å². The fourth-order valence-electron chi connectivity index (χ4n) is 0.846. The minimum absolute atomic E-state index is 0.0243. The molecule has 0 aromatic carbocycles. The lowest BCUT2D eigenvalue weighted by Crippen LogP contribution is -2.57. The van der Waals surface area contributed by atoms with Gasteiger partial charge in [0.05, 0.1) is 5.41 Å². The predicted molar refractivity (Wildman–Crippen MR) is 64.5 cm³/mol. The number of nitrogens with two attached hydrogens (primary N) is 1. The van der Waals surface area contributed by atoms with Crippen molar-refractivity contribution in [3.8, 4) is 0 Å².